The summed E-state index contributed by atoms with van der Waals surface area (Å²) in [6.45, 7) is 4.14. The van der Waals surface area contributed by atoms with E-state index in [1.807, 2.05) is 0 Å². The Morgan fingerprint density at radius 3 is 2.50 bits per heavy atom. The maximum atomic E-state index is 8.20. The summed E-state index contributed by atoms with van der Waals surface area (Å²) in [6.07, 6.45) is 3.93. The van der Waals surface area contributed by atoms with Crippen molar-refractivity contribution in [2.75, 3.05) is 0 Å². The van der Waals surface area contributed by atoms with Gasteiger partial charge in [0.25, 0.3) is 0 Å². The molecule has 0 fully saturated rings. The molecule has 0 bridgehead atoms. The van der Waals surface area contributed by atoms with Gasteiger partial charge in [-0.25, -0.2) is 0 Å². The lowest BCUT2D eigenvalue weighted by Crippen LogP contribution is -2.12. The molecule has 4 heteroatoms. The highest BCUT2D eigenvalue weighted by molar-refractivity contribution is 6.32. The topological polar surface area (TPSA) is 49.7 Å². The number of hydrogen-bond acceptors (Lipinski definition) is 3. The zero-order valence-corrected chi connectivity index (χ0v) is 6.32. The van der Waals surface area contributed by atoms with Crippen molar-refractivity contribution < 1.29 is 14.7 Å². The van der Waals surface area contributed by atoms with Gasteiger partial charge in [-0.15, -0.1) is 0 Å². The second kappa shape index (κ2) is 5.32. The fourth-order valence-corrected chi connectivity index (χ4v) is 0.454. The van der Waals surface area contributed by atoms with Crippen LogP contribution >= 0.6 is 0 Å². The second-order valence-electron chi connectivity index (χ2n) is 2.46. The Hall–Kier alpha value is -0.475. The molecule has 0 aromatic heterocycles. The van der Waals surface area contributed by atoms with E-state index in [1.165, 1.54) is 6.26 Å². The van der Waals surface area contributed by atoms with Crippen LogP contribution in [-0.2, 0) is 4.65 Å². The molecular formula is C6H13BO3. The highest BCUT2D eigenvalue weighted by Gasteiger charge is 2.05. The molecule has 0 aliphatic rings. The van der Waals surface area contributed by atoms with Crippen molar-refractivity contribution in [3.63, 3.8) is 0 Å². The smallest absolute Gasteiger partial charge is 0.519 e. The molecule has 0 aliphatic heterocycles. The zero-order chi connectivity index (χ0) is 7.98. The van der Waals surface area contributed by atoms with Crippen molar-refractivity contribution in [1.29, 1.82) is 0 Å². The van der Waals surface area contributed by atoms with Gasteiger partial charge in [0, 0.05) is 0 Å². The Morgan fingerprint density at radius 1 is 1.50 bits per heavy atom. The monoisotopic (exact) mass is 144 g/mol. The van der Waals surface area contributed by atoms with Crippen LogP contribution in [0.5, 0.6) is 0 Å². The first-order chi connectivity index (χ1) is 4.63. The maximum absolute atomic E-state index is 8.20. The van der Waals surface area contributed by atoms with E-state index in [0.717, 1.165) is 6.42 Å². The third kappa shape index (κ3) is 7.52. The molecule has 0 atom stereocenters. The minimum atomic E-state index is -1.69. The SMILES string of the molecule is CC(C)CC=COB(O)O. The van der Waals surface area contributed by atoms with Crippen molar-refractivity contribution in [2.24, 2.45) is 5.92 Å². The number of allylic oxidation sites excluding steroid dienone is 1. The minimum Gasteiger partial charge on any atom is -0.519 e. The van der Waals surface area contributed by atoms with E-state index >= 15 is 0 Å². The van der Waals surface area contributed by atoms with Gasteiger partial charge < -0.3 is 14.7 Å². The van der Waals surface area contributed by atoms with Crippen LogP contribution in [0.25, 0.3) is 0 Å². The Bertz CT molecular complexity index is 89.2. The van der Waals surface area contributed by atoms with Crippen molar-refractivity contribution in [3.05, 3.63) is 12.3 Å². The van der Waals surface area contributed by atoms with Gasteiger partial charge in [0.2, 0.25) is 0 Å². The number of hydrogen-bond donors (Lipinski definition) is 2. The first-order valence-electron chi connectivity index (χ1n) is 3.29. The van der Waals surface area contributed by atoms with Crippen LogP contribution in [0.3, 0.4) is 0 Å². The average molecular weight is 144 g/mol. The molecular weight excluding hydrogens is 131 g/mol. The molecule has 2 N–H and O–H groups in total. The summed E-state index contributed by atoms with van der Waals surface area (Å²) in [7, 11) is -1.69. The summed E-state index contributed by atoms with van der Waals surface area (Å²) in [6, 6.07) is 0. The summed E-state index contributed by atoms with van der Waals surface area (Å²) in [5, 5.41) is 16.4. The molecule has 0 heterocycles. The van der Waals surface area contributed by atoms with Crippen LogP contribution in [0.2, 0.25) is 0 Å². The molecule has 0 aromatic rings. The summed E-state index contributed by atoms with van der Waals surface area (Å²) in [5.74, 6) is 0.565. The molecule has 3 nitrogen and oxygen atoms in total. The van der Waals surface area contributed by atoms with Crippen LogP contribution in [-0.4, -0.2) is 17.4 Å². The van der Waals surface area contributed by atoms with E-state index in [4.69, 9.17) is 10.0 Å². The summed E-state index contributed by atoms with van der Waals surface area (Å²) >= 11 is 0. The lowest BCUT2D eigenvalue weighted by atomic mass is 10.1. The third-order valence-electron chi connectivity index (χ3n) is 0.904. The van der Waals surface area contributed by atoms with E-state index in [1.54, 1.807) is 6.08 Å². The van der Waals surface area contributed by atoms with E-state index in [2.05, 4.69) is 18.5 Å². The average Bonchev–Trinajstić information content (AvgIpc) is 1.79. The van der Waals surface area contributed by atoms with Crippen LogP contribution in [0.15, 0.2) is 12.3 Å². The van der Waals surface area contributed by atoms with Crippen LogP contribution in [0, 0.1) is 5.92 Å². The number of rotatable bonds is 4. The van der Waals surface area contributed by atoms with Crippen molar-refractivity contribution in [1.82, 2.24) is 0 Å². The molecule has 0 amide bonds. The molecule has 0 aliphatic carbocycles. The van der Waals surface area contributed by atoms with Gasteiger partial charge in [-0.1, -0.05) is 19.9 Å². The normalized spacial score (nSPS) is 10.9. The lowest BCUT2D eigenvalue weighted by Gasteiger charge is -1.97. The third-order valence-corrected chi connectivity index (χ3v) is 0.904. The van der Waals surface area contributed by atoms with Gasteiger partial charge in [-0.05, 0) is 12.3 Å². The van der Waals surface area contributed by atoms with E-state index in [0.29, 0.717) is 5.92 Å². The van der Waals surface area contributed by atoms with Crippen LogP contribution in [0.4, 0.5) is 0 Å². The van der Waals surface area contributed by atoms with Gasteiger partial charge >= 0.3 is 7.32 Å². The molecule has 0 spiro atoms. The van der Waals surface area contributed by atoms with Crippen molar-refractivity contribution in [3.8, 4) is 0 Å². The van der Waals surface area contributed by atoms with Gasteiger partial charge in [-0.3, -0.25) is 0 Å². The standard InChI is InChI=1S/C6H13BO3/c1-6(2)4-3-5-10-7(8)9/h3,5-6,8-9H,4H2,1-2H3. The molecule has 0 unspecified atom stereocenters. The van der Waals surface area contributed by atoms with Gasteiger partial charge in [0.05, 0.1) is 6.26 Å². The molecule has 0 saturated carbocycles. The van der Waals surface area contributed by atoms with Gasteiger partial charge in [-0.2, -0.15) is 0 Å². The lowest BCUT2D eigenvalue weighted by molar-refractivity contribution is 0.256. The molecule has 0 rings (SSSR count). The summed E-state index contributed by atoms with van der Waals surface area (Å²) < 4.78 is 4.32. The summed E-state index contributed by atoms with van der Waals surface area (Å²) in [5.41, 5.74) is 0. The maximum Gasteiger partial charge on any atom is 0.707 e. The second-order valence-corrected chi connectivity index (χ2v) is 2.46. The van der Waals surface area contributed by atoms with Crippen molar-refractivity contribution in [2.45, 2.75) is 20.3 Å². The molecule has 58 valence electrons. The molecule has 10 heavy (non-hydrogen) atoms. The predicted molar refractivity (Wildman–Crippen MR) is 39.9 cm³/mol. The summed E-state index contributed by atoms with van der Waals surface area (Å²) in [4.78, 5) is 0. The highest BCUT2D eigenvalue weighted by atomic mass is 16.6. The molecule has 0 aromatic carbocycles. The Morgan fingerprint density at radius 2 is 2.10 bits per heavy atom. The highest BCUT2D eigenvalue weighted by Crippen LogP contribution is 1.99. The van der Waals surface area contributed by atoms with Gasteiger partial charge in [0.1, 0.15) is 0 Å². The first kappa shape index (κ1) is 9.52. The van der Waals surface area contributed by atoms with E-state index < -0.39 is 7.32 Å². The van der Waals surface area contributed by atoms with Crippen LogP contribution < -0.4 is 0 Å². The Balaban J connectivity index is 3.20. The fourth-order valence-electron chi connectivity index (χ4n) is 0.454. The van der Waals surface area contributed by atoms with Crippen LogP contribution in [0.1, 0.15) is 20.3 Å². The minimum absolute atomic E-state index is 0.565. The fraction of sp³-hybridized carbons (Fsp3) is 0.667. The Labute approximate surface area is 61.5 Å². The van der Waals surface area contributed by atoms with Crippen molar-refractivity contribution >= 4 is 7.32 Å². The largest absolute Gasteiger partial charge is 0.707 e. The molecule has 0 radical (unpaired) electrons. The first-order valence-corrected chi connectivity index (χ1v) is 3.29. The molecule has 0 saturated heterocycles. The van der Waals surface area contributed by atoms with Gasteiger partial charge in [0.15, 0.2) is 0 Å². The van der Waals surface area contributed by atoms with E-state index in [-0.39, 0.29) is 0 Å². The van der Waals surface area contributed by atoms with E-state index in [9.17, 15) is 0 Å². The predicted octanol–water partition coefficient (Wildman–Crippen LogP) is 0.532. The quantitative estimate of drug-likeness (QED) is 0.447. The Kier molecular flexibility index (Phi) is 5.07. The zero-order valence-electron chi connectivity index (χ0n) is 6.32.